The quantitative estimate of drug-likeness (QED) is 0.674. The van der Waals surface area contributed by atoms with Crippen LogP contribution in [0.25, 0.3) is 0 Å². The number of hydrogen-bond acceptors (Lipinski definition) is 4. The van der Waals surface area contributed by atoms with E-state index in [1.807, 2.05) is 0 Å². The number of H-pyrrole nitrogens is 1. The fraction of sp³-hybridized carbons (Fsp3) is 0.556. The van der Waals surface area contributed by atoms with Crippen molar-refractivity contribution in [3.63, 3.8) is 0 Å². The lowest BCUT2D eigenvalue weighted by Gasteiger charge is -2.27. The maximum Gasteiger partial charge on any atom is 0.326 e. The predicted molar refractivity (Wildman–Crippen MR) is 54.7 cm³/mol. The van der Waals surface area contributed by atoms with E-state index in [0.717, 1.165) is 0 Å². The molecule has 1 rings (SSSR count). The van der Waals surface area contributed by atoms with Crippen LogP contribution in [0.5, 0.6) is 0 Å². The highest BCUT2D eigenvalue weighted by atomic mass is 16.4. The first-order chi connectivity index (χ1) is 7.32. The molecule has 0 fully saturated rings. The van der Waals surface area contributed by atoms with Crippen LogP contribution in [0.4, 0.5) is 0 Å². The SMILES string of the molecule is CC(C)(C)[C@H](NC(=O)c1cn[nH]n1)C(=O)O. The summed E-state index contributed by atoms with van der Waals surface area (Å²) in [5.41, 5.74) is -0.513. The van der Waals surface area contributed by atoms with Crippen LogP contribution in [0.3, 0.4) is 0 Å². The summed E-state index contributed by atoms with van der Waals surface area (Å²) in [7, 11) is 0. The summed E-state index contributed by atoms with van der Waals surface area (Å²) >= 11 is 0. The molecule has 3 N–H and O–H groups in total. The number of amides is 1. The number of carbonyl (C=O) groups is 2. The number of carbonyl (C=O) groups excluding carboxylic acids is 1. The fourth-order valence-electron chi connectivity index (χ4n) is 1.16. The molecule has 0 aromatic carbocycles. The van der Waals surface area contributed by atoms with E-state index >= 15 is 0 Å². The molecule has 7 nitrogen and oxygen atoms in total. The minimum absolute atomic E-state index is 0.0653. The Morgan fingerprint density at radius 2 is 2.12 bits per heavy atom. The fourth-order valence-corrected chi connectivity index (χ4v) is 1.16. The number of rotatable bonds is 3. The monoisotopic (exact) mass is 226 g/mol. The Morgan fingerprint density at radius 3 is 2.50 bits per heavy atom. The second kappa shape index (κ2) is 4.30. The van der Waals surface area contributed by atoms with E-state index in [1.54, 1.807) is 20.8 Å². The Morgan fingerprint density at radius 1 is 1.50 bits per heavy atom. The molecule has 1 aromatic heterocycles. The van der Waals surface area contributed by atoms with Crippen LogP contribution in [0.2, 0.25) is 0 Å². The van der Waals surface area contributed by atoms with Crippen molar-refractivity contribution >= 4 is 11.9 Å². The summed E-state index contributed by atoms with van der Waals surface area (Å²) in [6, 6.07) is -0.975. The summed E-state index contributed by atoms with van der Waals surface area (Å²) in [5.74, 6) is -1.64. The third-order valence-electron chi connectivity index (χ3n) is 2.04. The van der Waals surface area contributed by atoms with Gasteiger partial charge in [0.05, 0.1) is 6.20 Å². The zero-order valence-electron chi connectivity index (χ0n) is 9.31. The molecular formula is C9H14N4O3. The molecule has 1 amide bonds. The minimum Gasteiger partial charge on any atom is -0.480 e. The van der Waals surface area contributed by atoms with Crippen molar-refractivity contribution in [1.29, 1.82) is 0 Å². The van der Waals surface area contributed by atoms with Gasteiger partial charge in [-0.2, -0.15) is 15.4 Å². The maximum absolute atomic E-state index is 11.6. The molecule has 0 aliphatic heterocycles. The van der Waals surface area contributed by atoms with Crippen molar-refractivity contribution in [1.82, 2.24) is 20.7 Å². The van der Waals surface area contributed by atoms with Gasteiger partial charge in [0.15, 0.2) is 5.69 Å². The number of nitrogens with zero attached hydrogens (tertiary/aromatic N) is 2. The first kappa shape index (κ1) is 12.2. The predicted octanol–water partition coefficient (Wildman–Crippen LogP) is 0.0338. The summed E-state index contributed by atoms with van der Waals surface area (Å²) in [5, 5.41) is 20.7. The van der Waals surface area contributed by atoms with Crippen LogP contribution in [0.15, 0.2) is 6.20 Å². The van der Waals surface area contributed by atoms with Crippen LogP contribution >= 0.6 is 0 Å². The minimum atomic E-state index is -1.08. The lowest BCUT2D eigenvalue weighted by molar-refractivity contribution is -0.142. The molecule has 7 heteroatoms. The number of aromatic amines is 1. The van der Waals surface area contributed by atoms with E-state index in [2.05, 4.69) is 20.7 Å². The molecule has 0 saturated heterocycles. The van der Waals surface area contributed by atoms with Crippen molar-refractivity contribution in [2.24, 2.45) is 5.41 Å². The highest BCUT2D eigenvalue weighted by Gasteiger charge is 2.33. The third kappa shape index (κ3) is 2.78. The average molecular weight is 226 g/mol. The zero-order valence-corrected chi connectivity index (χ0v) is 9.31. The van der Waals surface area contributed by atoms with Crippen LogP contribution in [-0.4, -0.2) is 38.4 Å². The van der Waals surface area contributed by atoms with Crippen molar-refractivity contribution in [2.45, 2.75) is 26.8 Å². The molecule has 0 bridgehead atoms. The van der Waals surface area contributed by atoms with Crippen LogP contribution in [-0.2, 0) is 4.79 Å². The summed E-state index contributed by atoms with van der Waals surface area (Å²) in [4.78, 5) is 22.6. The first-order valence-electron chi connectivity index (χ1n) is 4.72. The molecule has 0 radical (unpaired) electrons. The van der Waals surface area contributed by atoms with Gasteiger partial charge < -0.3 is 10.4 Å². The van der Waals surface area contributed by atoms with E-state index in [1.165, 1.54) is 6.20 Å². The average Bonchev–Trinajstić information content (AvgIpc) is 2.63. The topological polar surface area (TPSA) is 108 Å². The van der Waals surface area contributed by atoms with Crippen molar-refractivity contribution < 1.29 is 14.7 Å². The Kier molecular flexibility index (Phi) is 3.26. The normalized spacial score (nSPS) is 13.2. The van der Waals surface area contributed by atoms with E-state index in [0.29, 0.717) is 0 Å². The highest BCUT2D eigenvalue weighted by Crippen LogP contribution is 2.19. The number of hydrogen-bond donors (Lipinski definition) is 3. The van der Waals surface area contributed by atoms with Crippen LogP contribution in [0.1, 0.15) is 31.3 Å². The van der Waals surface area contributed by atoms with Gasteiger partial charge in [-0.25, -0.2) is 4.79 Å². The molecule has 0 aliphatic carbocycles. The van der Waals surface area contributed by atoms with E-state index < -0.39 is 23.3 Å². The van der Waals surface area contributed by atoms with Crippen LogP contribution < -0.4 is 5.32 Å². The molecular weight excluding hydrogens is 212 g/mol. The van der Waals surface area contributed by atoms with Gasteiger partial charge in [0.1, 0.15) is 6.04 Å². The van der Waals surface area contributed by atoms with Gasteiger partial charge >= 0.3 is 5.97 Å². The number of nitrogens with one attached hydrogen (secondary N) is 2. The maximum atomic E-state index is 11.6. The lowest BCUT2D eigenvalue weighted by Crippen LogP contribution is -2.49. The Hall–Kier alpha value is -1.92. The van der Waals surface area contributed by atoms with Gasteiger partial charge in [-0.3, -0.25) is 4.79 Å². The summed E-state index contributed by atoms with van der Waals surface area (Å²) in [6.07, 6.45) is 1.23. The van der Waals surface area contributed by atoms with E-state index in [-0.39, 0.29) is 5.69 Å². The van der Waals surface area contributed by atoms with Gasteiger partial charge in [-0.1, -0.05) is 20.8 Å². The molecule has 1 aromatic rings. The van der Waals surface area contributed by atoms with Crippen molar-refractivity contribution in [2.75, 3.05) is 0 Å². The molecule has 0 aliphatic rings. The zero-order chi connectivity index (χ0) is 12.3. The molecule has 0 unspecified atom stereocenters. The number of carboxylic acids is 1. The van der Waals surface area contributed by atoms with Crippen molar-refractivity contribution in [3.05, 3.63) is 11.9 Å². The van der Waals surface area contributed by atoms with E-state index in [9.17, 15) is 9.59 Å². The van der Waals surface area contributed by atoms with E-state index in [4.69, 9.17) is 5.11 Å². The number of carboxylic acid groups (broad SMARTS) is 1. The molecule has 1 atom stereocenters. The Labute approximate surface area is 92.2 Å². The third-order valence-corrected chi connectivity index (χ3v) is 2.04. The van der Waals surface area contributed by atoms with Gasteiger partial charge in [0.25, 0.3) is 5.91 Å². The highest BCUT2D eigenvalue weighted by molar-refractivity contribution is 5.94. The van der Waals surface area contributed by atoms with Gasteiger partial charge in [-0.15, -0.1) is 0 Å². The second-order valence-corrected chi connectivity index (χ2v) is 4.47. The molecule has 1 heterocycles. The lowest BCUT2D eigenvalue weighted by atomic mass is 9.87. The molecule has 16 heavy (non-hydrogen) atoms. The molecule has 0 spiro atoms. The summed E-state index contributed by atoms with van der Waals surface area (Å²) < 4.78 is 0. The van der Waals surface area contributed by atoms with Crippen molar-refractivity contribution in [3.8, 4) is 0 Å². The largest absolute Gasteiger partial charge is 0.480 e. The second-order valence-electron chi connectivity index (χ2n) is 4.47. The summed E-state index contributed by atoms with van der Waals surface area (Å²) in [6.45, 7) is 5.19. The van der Waals surface area contributed by atoms with Gasteiger partial charge in [0, 0.05) is 0 Å². The first-order valence-corrected chi connectivity index (χ1v) is 4.72. The van der Waals surface area contributed by atoms with Gasteiger partial charge in [0.2, 0.25) is 0 Å². The Balaban J connectivity index is 2.78. The number of aliphatic carboxylic acids is 1. The number of aromatic nitrogens is 3. The standard InChI is InChI=1S/C9H14N4O3/c1-9(2,3)6(8(15)16)11-7(14)5-4-10-13-12-5/h4,6H,1-3H3,(H,11,14)(H,15,16)(H,10,12,13)/t6-/m1/s1. The Bertz CT molecular complexity index is 380. The van der Waals surface area contributed by atoms with Crippen LogP contribution in [0, 0.1) is 5.41 Å². The molecule has 0 saturated carbocycles. The van der Waals surface area contributed by atoms with Gasteiger partial charge in [-0.05, 0) is 5.41 Å². The smallest absolute Gasteiger partial charge is 0.326 e. The molecule has 88 valence electrons.